The first kappa shape index (κ1) is 73.7. The number of quaternary nitrogens is 1. The van der Waals surface area contributed by atoms with Crippen molar-refractivity contribution in [3.8, 4) is 0 Å². The van der Waals surface area contributed by atoms with Crippen molar-refractivity contribution in [3.05, 3.63) is 109 Å². The van der Waals surface area contributed by atoms with Gasteiger partial charge in [0.2, 0.25) is 0 Å². The summed E-state index contributed by atoms with van der Waals surface area (Å²) in [4.78, 5) is 35.7. The zero-order valence-electron chi connectivity index (χ0n) is 50.2. The number of unbranched alkanes of at least 4 members (excludes halogenated alkanes) is 24. The Balaban J connectivity index is 4.26. The third-order valence-electron chi connectivity index (χ3n) is 13.1. The van der Waals surface area contributed by atoms with E-state index in [0.717, 1.165) is 77.0 Å². The van der Waals surface area contributed by atoms with Crippen LogP contribution in [0, 0.1) is 0 Å². The molecule has 0 bridgehead atoms. The second kappa shape index (κ2) is 57.4. The molecule has 1 N–H and O–H groups in total. The van der Waals surface area contributed by atoms with Gasteiger partial charge in [0.15, 0.2) is 6.10 Å². The SMILES string of the molecule is CC/C=C\C/C=C\C/C=C\C/C=C\C/C=C\C/C=C\C/C=C\C/C=C\C/C=C\CCCC(=O)OC(COC(=O)CCCCCCCCCCCCCCCCCCCCCCCCCC)COP(=O)(O)OCC[N+](C)(C)C. The molecule has 9 nitrogen and oxygen atoms in total. The largest absolute Gasteiger partial charge is 0.472 e. The minimum Gasteiger partial charge on any atom is -0.462 e. The summed E-state index contributed by atoms with van der Waals surface area (Å²) in [7, 11) is 1.43. The van der Waals surface area contributed by atoms with E-state index in [4.69, 9.17) is 18.5 Å². The Morgan fingerprint density at radius 1 is 0.416 bits per heavy atom. The Kier molecular flexibility index (Phi) is 54.9. The first-order valence-electron chi connectivity index (χ1n) is 31.1. The van der Waals surface area contributed by atoms with Crippen LogP contribution >= 0.6 is 7.82 Å². The van der Waals surface area contributed by atoms with Gasteiger partial charge in [-0.3, -0.25) is 18.6 Å². The third-order valence-corrected chi connectivity index (χ3v) is 14.1. The maximum absolute atomic E-state index is 12.8. The Morgan fingerprint density at radius 2 is 0.740 bits per heavy atom. The van der Waals surface area contributed by atoms with Crippen molar-refractivity contribution < 1.29 is 42.1 Å². The second-order valence-corrected chi connectivity index (χ2v) is 23.2. The number of hydrogen-bond acceptors (Lipinski definition) is 7. The lowest BCUT2D eigenvalue weighted by Crippen LogP contribution is -2.37. The van der Waals surface area contributed by atoms with E-state index in [2.05, 4.69) is 123 Å². The van der Waals surface area contributed by atoms with Gasteiger partial charge >= 0.3 is 19.8 Å². The molecule has 10 heteroatoms. The van der Waals surface area contributed by atoms with E-state index in [1.54, 1.807) is 0 Å². The third kappa shape index (κ3) is 61.7. The fourth-order valence-corrected chi connectivity index (χ4v) is 9.05. The summed E-state index contributed by atoms with van der Waals surface area (Å²) < 4.78 is 34.5. The highest BCUT2D eigenvalue weighted by atomic mass is 31.2. The molecule has 0 aliphatic rings. The highest BCUT2D eigenvalue weighted by Crippen LogP contribution is 2.43. The Morgan fingerprint density at radius 3 is 1.09 bits per heavy atom. The van der Waals surface area contributed by atoms with Gasteiger partial charge in [-0.05, 0) is 77.0 Å². The van der Waals surface area contributed by atoms with E-state index >= 15 is 0 Å². The standard InChI is InChI=1S/C67H116NO8P/c1-6-8-10-12-14-16-18-20-22-24-26-28-30-32-33-34-35-36-38-40-42-44-46-48-50-52-54-56-58-60-67(70)76-65(64-75-77(71,72)74-62-61-68(3,4)5)63-73-66(69)59-57-55-53-51-49-47-45-43-41-39-37-31-29-27-25-23-21-19-17-15-13-11-9-7-2/h8,10,14,16,20,22,26,28,32-33,35-36,40,42,46,48,52,54,65H,6-7,9,11-13,15,17-19,21,23-25,27,29-31,34,37-39,41,43-45,47,49-51,53,55-64H2,1-5H3/p+1/b10-8-,16-14-,22-20-,28-26-,33-32-,36-35-,42-40-,48-46-,54-52-. The summed E-state index contributed by atoms with van der Waals surface area (Å²) in [5.41, 5.74) is 0. The molecule has 0 aliphatic carbocycles. The summed E-state index contributed by atoms with van der Waals surface area (Å²) in [5, 5.41) is 0. The zero-order valence-corrected chi connectivity index (χ0v) is 51.1. The normalized spacial score (nSPS) is 14.0. The summed E-state index contributed by atoms with van der Waals surface area (Å²) in [6.45, 7) is 4.27. The molecule has 0 aromatic rings. The van der Waals surface area contributed by atoms with E-state index in [9.17, 15) is 19.0 Å². The molecule has 0 radical (unpaired) electrons. The van der Waals surface area contributed by atoms with Gasteiger partial charge < -0.3 is 18.9 Å². The van der Waals surface area contributed by atoms with Gasteiger partial charge in [0.25, 0.3) is 0 Å². The van der Waals surface area contributed by atoms with Crippen LogP contribution in [0.25, 0.3) is 0 Å². The molecule has 0 heterocycles. The average molecular weight is 1100 g/mol. The molecule has 0 rings (SSSR count). The fourth-order valence-electron chi connectivity index (χ4n) is 8.31. The maximum atomic E-state index is 12.8. The van der Waals surface area contributed by atoms with E-state index in [0.29, 0.717) is 23.9 Å². The molecule has 0 aromatic heterocycles. The van der Waals surface area contributed by atoms with Crippen LogP contribution in [-0.2, 0) is 32.7 Å². The molecule has 0 aliphatic heterocycles. The second-order valence-electron chi connectivity index (χ2n) is 21.7. The summed E-state index contributed by atoms with van der Waals surface area (Å²) >= 11 is 0. The van der Waals surface area contributed by atoms with Crippen LogP contribution in [0.1, 0.15) is 251 Å². The number of ether oxygens (including phenoxy) is 2. The van der Waals surface area contributed by atoms with E-state index in [1.165, 1.54) is 135 Å². The first-order chi connectivity index (χ1) is 37.5. The molecule has 442 valence electrons. The topological polar surface area (TPSA) is 108 Å². The average Bonchev–Trinajstić information content (AvgIpc) is 3.39. The molecular formula is C67H117NO8P+. The number of carbonyl (C=O) groups excluding carboxylic acids is 2. The van der Waals surface area contributed by atoms with Gasteiger partial charge in [-0.15, -0.1) is 0 Å². The molecule has 2 unspecified atom stereocenters. The summed E-state index contributed by atoms with van der Waals surface area (Å²) in [6, 6.07) is 0. The van der Waals surface area contributed by atoms with Gasteiger partial charge in [0, 0.05) is 12.8 Å². The number of allylic oxidation sites excluding steroid dienone is 18. The summed E-state index contributed by atoms with van der Waals surface area (Å²) in [6.07, 6.45) is 80.4. The van der Waals surface area contributed by atoms with Crippen LogP contribution in [0.4, 0.5) is 0 Å². The van der Waals surface area contributed by atoms with Crippen molar-refractivity contribution in [3.63, 3.8) is 0 Å². The molecule has 0 fully saturated rings. The van der Waals surface area contributed by atoms with Gasteiger partial charge in [-0.2, -0.15) is 0 Å². The van der Waals surface area contributed by atoms with Crippen LogP contribution in [0.5, 0.6) is 0 Å². The molecule has 0 amide bonds. The minimum absolute atomic E-state index is 0.0163. The monoisotopic (exact) mass is 1090 g/mol. The van der Waals surface area contributed by atoms with Crippen molar-refractivity contribution >= 4 is 19.8 Å². The number of carbonyl (C=O) groups is 2. The lowest BCUT2D eigenvalue weighted by molar-refractivity contribution is -0.870. The number of phosphoric ester groups is 1. The number of rotatable bonds is 56. The zero-order chi connectivity index (χ0) is 56.3. The van der Waals surface area contributed by atoms with Crippen LogP contribution in [-0.4, -0.2) is 74.9 Å². The van der Waals surface area contributed by atoms with Crippen molar-refractivity contribution in [1.29, 1.82) is 0 Å². The van der Waals surface area contributed by atoms with Crippen LogP contribution < -0.4 is 0 Å². The number of hydrogen-bond donors (Lipinski definition) is 1. The van der Waals surface area contributed by atoms with Crippen LogP contribution in [0.3, 0.4) is 0 Å². The Hall–Kier alpha value is -3.33. The predicted molar refractivity (Wildman–Crippen MR) is 330 cm³/mol. The Labute approximate surface area is 474 Å². The maximum Gasteiger partial charge on any atom is 0.472 e. The van der Waals surface area contributed by atoms with Crippen molar-refractivity contribution in [2.24, 2.45) is 0 Å². The molecule has 0 aromatic carbocycles. The molecular weight excluding hydrogens is 978 g/mol. The lowest BCUT2D eigenvalue weighted by atomic mass is 10.0. The van der Waals surface area contributed by atoms with E-state index in [-0.39, 0.29) is 32.0 Å². The van der Waals surface area contributed by atoms with Crippen molar-refractivity contribution in [1.82, 2.24) is 0 Å². The molecule has 77 heavy (non-hydrogen) atoms. The fraction of sp³-hybridized carbons (Fsp3) is 0.701. The minimum atomic E-state index is -4.41. The number of nitrogens with zero attached hydrogens (tertiary/aromatic N) is 1. The number of phosphoric acid groups is 1. The smallest absolute Gasteiger partial charge is 0.462 e. The van der Waals surface area contributed by atoms with Crippen molar-refractivity contribution in [2.75, 3.05) is 47.5 Å². The molecule has 2 atom stereocenters. The summed E-state index contributed by atoms with van der Waals surface area (Å²) in [5.74, 6) is -0.866. The lowest BCUT2D eigenvalue weighted by Gasteiger charge is -2.24. The van der Waals surface area contributed by atoms with Gasteiger partial charge in [-0.1, -0.05) is 271 Å². The van der Waals surface area contributed by atoms with E-state index in [1.807, 2.05) is 21.1 Å². The molecule has 0 saturated carbocycles. The van der Waals surface area contributed by atoms with Gasteiger partial charge in [0.05, 0.1) is 27.7 Å². The molecule has 0 spiro atoms. The van der Waals surface area contributed by atoms with Crippen molar-refractivity contribution in [2.45, 2.75) is 258 Å². The van der Waals surface area contributed by atoms with Crippen LogP contribution in [0.2, 0.25) is 0 Å². The predicted octanol–water partition coefficient (Wildman–Crippen LogP) is 19.8. The molecule has 0 saturated heterocycles. The van der Waals surface area contributed by atoms with Gasteiger partial charge in [-0.25, -0.2) is 4.57 Å². The first-order valence-corrected chi connectivity index (χ1v) is 32.6. The Bertz CT molecular complexity index is 1670. The van der Waals surface area contributed by atoms with Gasteiger partial charge in [0.1, 0.15) is 19.8 Å². The highest BCUT2D eigenvalue weighted by molar-refractivity contribution is 7.47. The highest BCUT2D eigenvalue weighted by Gasteiger charge is 2.27. The van der Waals surface area contributed by atoms with E-state index < -0.39 is 26.5 Å². The van der Waals surface area contributed by atoms with Crippen LogP contribution in [0.15, 0.2) is 109 Å². The quantitative estimate of drug-likeness (QED) is 0.0211. The number of esters is 2. The number of likely N-dealkylation sites (N-methyl/N-ethyl adjacent to an activating group) is 1.